The maximum Gasteiger partial charge on any atom is 0.255 e. The normalized spacial score (nSPS) is 17.4. The number of pyridine rings is 1. The number of benzene rings is 1. The predicted molar refractivity (Wildman–Crippen MR) is 106 cm³/mol. The summed E-state index contributed by atoms with van der Waals surface area (Å²) in [5, 5.41) is 5.24. The number of fused-ring (bicyclic) bond motifs is 1. The fourth-order valence-electron chi connectivity index (χ4n) is 3.88. The Hall–Kier alpha value is -2.73. The first-order valence-corrected chi connectivity index (χ1v) is 9.66. The first-order valence-electron chi connectivity index (χ1n) is 9.66. The van der Waals surface area contributed by atoms with Gasteiger partial charge in [-0.1, -0.05) is 30.3 Å². The first-order chi connectivity index (χ1) is 13.2. The van der Waals surface area contributed by atoms with Gasteiger partial charge in [-0.3, -0.25) is 4.79 Å². The van der Waals surface area contributed by atoms with Crippen molar-refractivity contribution in [1.82, 2.24) is 19.7 Å². The number of aromatic nitrogens is 3. The maximum atomic E-state index is 13.5. The summed E-state index contributed by atoms with van der Waals surface area (Å²) in [6.07, 6.45) is 4.88. The second kappa shape index (κ2) is 7.48. The van der Waals surface area contributed by atoms with Gasteiger partial charge in [-0.05, 0) is 32.3 Å². The summed E-state index contributed by atoms with van der Waals surface area (Å²) in [6, 6.07) is 12.0. The van der Waals surface area contributed by atoms with Gasteiger partial charge in [0.15, 0.2) is 5.65 Å². The lowest BCUT2D eigenvalue weighted by atomic mass is 9.99. The first kappa shape index (κ1) is 17.7. The number of hydrogen-bond donors (Lipinski definition) is 1. The van der Waals surface area contributed by atoms with Crippen molar-refractivity contribution in [1.29, 1.82) is 0 Å². The number of likely N-dealkylation sites (tertiary alicyclic amines) is 1. The molecular formula is C21H25N5O. The van der Waals surface area contributed by atoms with E-state index in [1.807, 2.05) is 52.9 Å². The molecule has 1 aromatic carbocycles. The lowest BCUT2D eigenvalue weighted by Gasteiger charge is -2.35. The van der Waals surface area contributed by atoms with Crippen LogP contribution in [-0.2, 0) is 6.54 Å². The Kier molecular flexibility index (Phi) is 4.90. The van der Waals surface area contributed by atoms with E-state index in [9.17, 15) is 4.79 Å². The Morgan fingerprint density at radius 2 is 2.07 bits per heavy atom. The van der Waals surface area contributed by atoms with Crippen LogP contribution in [0.3, 0.4) is 0 Å². The predicted octanol–water partition coefficient (Wildman–Crippen LogP) is 3.07. The standard InChI is InChI=1S/C21H25N5O/c1-2-26-20-18(14-23-26)17(12-19(24-20)15-8-4-3-5-9-15)21(27)25-11-7-6-10-16(25)13-22/h3-5,8-9,12,14,16H,2,6-7,10-11,13,22H2,1H3. The molecule has 0 bridgehead atoms. The van der Waals surface area contributed by atoms with Gasteiger partial charge in [0.05, 0.1) is 22.8 Å². The van der Waals surface area contributed by atoms with Crippen LogP contribution in [0.25, 0.3) is 22.3 Å². The fraction of sp³-hybridized carbons (Fsp3) is 0.381. The zero-order chi connectivity index (χ0) is 18.8. The molecule has 1 unspecified atom stereocenters. The molecule has 1 atom stereocenters. The highest BCUT2D eigenvalue weighted by molar-refractivity contribution is 6.06. The van der Waals surface area contributed by atoms with Crippen LogP contribution >= 0.6 is 0 Å². The molecule has 1 fully saturated rings. The van der Waals surface area contributed by atoms with Crippen LogP contribution < -0.4 is 5.73 Å². The third-order valence-corrected chi connectivity index (χ3v) is 5.37. The van der Waals surface area contributed by atoms with Crippen molar-refractivity contribution < 1.29 is 4.79 Å². The van der Waals surface area contributed by atoms with Crippen LogP contribution in [0.4, 0.5) is 0 Å². The molecule has 27 heavy (non-hydrogen) atoms. The van der Waals surface area contributed by atoms with Crippen molar-refractivity contribution in [3.05, 3.63) is 48.2 Å². The Bertz CT molecular complexity index is 950. The molecule has 6 nitrogen and oxygen atoms in total. The van der Waals surface area contributed by atoms with E-state index in [1.54, 1.807) is 6.20 Å². The van der Waals surface area contributed by atoms with Gasteiger partial charge < -0.3 is 10.6 Å². The third kappa shape index (κ3) is 3.21. The number of carbonyl (C=O) groups excluding carboxylic acids is 1. The second-order valence-corrected chi connectivity index (χ2v) is 7.00. The highest BCUT2D eigenvalue weighted by Crippen LogP contribution is 2.28. The molecule has 2 aromatic heterocycles. The topological polar surface area (TPSA) is 77.0 Å². The summed E-state index contributed by atoms with van der Waals surface area (Å²) in [4.78, 5) is 20.2. The second-order valence-electron chi connectivity index (χ2n) is 7.00. The summed E-state index contributed by atoms with van der Waals surface area (Å²) in [7, 11) is 0. The van der Waals surface area contributed by atoms with Gasteiger partial charge in [-0.25, -0.2) is 9.67 Å². The van der Waals surface area contributed by atoms with E-state index in [-0.39, 0.29) is 11.9 Å². The number of nitrogens with zero attached hydrogens (tertiary/aromatic N) is 4. The quantitative estimate of drug-likeness (QED) is 0.773. The fourth-order valence-corrected chi connectivity index (χ4v) is 3.88. The number of carbonyl (C=O) groups is 1. The zero-order valence-electron chi connectivity index (χ0n) is 15.6. The van der Waals surface area contributed by atoms with Crippen molar-refractivity contribution in [3.63, 3.8) is 0 Å². The summed E-state index contributed by atoms with van der Waals surface area (Å²) in [5.41, 5.74) is 9.15. The van der Waals surface area contributed by atoms with Gasteiger partial charge in [-0.15, -0.1) is 0 Å². The molecule has 0 aliphatic carbocycles. The molecule has 6 heteroatoms. The van der Waals surface area contributed by atoms with Crippen LogP contribution in [0.2, 0.25) is 0 Å². The average molecular weight is 363 g/mol. The molecule has 1 saturated heterocycles. The van der Waals surface area contributed by atoms with Crippen LogP contribution in [0.15, 0.2) is 42.6 Å². The minimum Gasteiger partial charge on any atom is -0.334 e. The lowest BCUT2D eigenvalue weighted by molar-refractivity contribution is 0.0625. The highest BCUT2D eigenvalue weighted by Gasteiger charge is 2.28. The lowest BCUT2D eigenvalue weighted by Crippen LogP contribution is -2.47. The third-order valence-electron chi connectivity index (χ3n) is 5.37. The van der Waals surface area contributed by atoms with Crippen molar-refractivity contribution in [2.45, 2.75) is 38.8 Å². The molecular weight excluding hydrogens is 338 g/mol. The molecule has 0 saturated carbocycles. The highest BCUT2D eigenvalue weighted by atomic mass is 16.2. The van der Waals surface area contributed by atoms with Crippen molar-refractivity contribution in [3.8, 4) is 11.3 Å². The summed E-state index contributed by atoms with van der Waals surface area (Å²) in [6.45, 7) is 3.99. The Labute approximate surface area is 159 Å². The van der Waals surface area contributed by atoms with E-state index in [2.05, 4.69) is 5.10 Å². The Balaban J connectivity index is 1.86. The number of amides is 1. The molecule has 2 N–H and O–H groups in total. The number of hydrogen-bond acceptors (Lipinski definition) is 4. The van der Waals surface area contributed by atoms with Gasteiger partial charge in [0.25, 0.3) is 5.91 Å². The molecule has 1 aliphatic heterocycles. The number of aryl methyl sites for hydroxylation is 1. The molecule has 140 valence electrons. The van der Waals surface area contributed by atoms with Crippen molar-refractivity contribution in [2.24, 2.45) is 5.73 Å². The summed E-state index contributed by atoms with van der Waals surface area (Å²) >= 11 is 0. The van der Waals surface area contributed by atoms with Gasteiger partial charge in [-0.2, -0.15) is 5.10 Å². The number of nitrogens with two attached hydrogens (primary N) is 1. The van der Waals surface area contributed by atoms with E-state index in [0.717, 1.165) is 48.1 Å². The molecule has 0 spiro atoms. The van der Waals surface area contributed by atoms with Gasteiger partial charge in [0, 0.05) is 31.2 Å². The van der Waals surface area contributed by atoms with E-state index >= 15 is 0 Å². The molecule has 1 amide bonds. The zero-order valence-corrected chi connectivity index (χ0v) is 15.6. The van der Waals surface area contributed by atoms with Crippen LogP contribution in [-0.4, -0.2) is 44.7 Å². The van der Waals surface area contributed by atoms with E-state index in [0.29, 0.717) is 18.7 Å². The van der Waals surface area contributed by atoms with Crippen molar-refractivity contribution >= 4 is 16.9 Å². The minimum atomic E-state index is 0.0328. The maximum absolute atomic E-state index is 13.5. The van der Waals surface area contributed by atoms with Gasteiger partial charge in [0.2, 0.25) is 0 Å². The number of piperidine rings is 1. The van der Waals surface area contributed by atoms with Crippen LogP contribution in [0.1, 0.15) is 36.5 Å². The van der Waals surface area contributed by atoms with Crippen LogP contribution in [0.5, 0.6) is 0 Å². The molecule has 1 aliphatic rings. The molecule has 3 heterocycles. The summed E-state index contributed by atoms with van der Waals surface area (Å²) in [5.74, 6) is 0.0328. The van der Waals surface area contributed by atoms with Crippen molar-refractivity contribution in [2.75, 3.05) is 13.1 Å². The molecule has 3 aromatic rings. The number of rotatable bonds is 4. The SMILES string of the molecule is CCn1ncc2c(C(=O)N3CCCCC3CN)cc(-c3ccccc3)nc21. The smallest absolute Gasteiger partial charge is 0.255 e. The Morgan fingerprint density at radius 3 is 2.81 bits per heavy atom. The van der Waals surface area contributed by atoms with E-state index in [4.69, 9.17) is 10.7 Å². The minimum absolute atomic E-state index is 0.0328. The summed E-state index contributed by atoms with van der Waals surface area (Å²) < 4.78 is 1.84. The molecule has 0 radical (unpaired) electrons. The van der Waals surface area contributed by atoms with Gasteiger partial charge in [0.1, 0.15) is 0 Å². The average Bonchev–Trinajstić information content (AvgIpc) is 3.16. The van der Waals surface area contributed by atoms with E-state index < -0.39 is 0 Å². The molecule has 4 rings (SSSR count). The van der Waals surface area contributed by atoms with E-state index in [1.165, 1.54) is 0 Å². The monoisotopic (exact) mass is 363 g/mol. The van der Waals surface area contributed by atoms with Crippen LogP contribution in [0, 0.1) is 0 Å². The van der Waals surface area contributed by atoms with Gasteiger partial charge >= 0.3 is 0 Å². The largest absolute Gasteiger partial charge is 0.334 e. The Morgan fingerprint density at radius 1 is 1.26 bits per heavy atom.